The van der Waals surface area contributed by atoms with E-state index in [1.165, 1.54) is 12.3 Å². The zero-order chi connectivity index (χ0) is 13.9. The Kier molecular flexibility index (Phi) is 3.81. The fourth-order valence-electron chi connectivity index (χ4n) is 2.06. The van der Waals surface area contributed by atoms with Crippen LogP contribution in [0.5, 0.6) is 5.75 Å². The van der Waals surface area contributed by atoms with E-state index in [1.807, 2.05) is 31.2 Å². The van der Waals surface area contributed by atoms with Gasteiger partial charge in [0.2, 0.25) is 0 Å². The van der Waals surface area contributed by atoms with Gasteiger partial charge in [-0.1, -0.05) is 19.1 Å². The molecule has 1 unspecified atom stereocenters. The number of hydrogen-bond donors (Lipinski definition) is 1. The molecule has 1 heterocycles. The van der Waals surface area contributed by atoms with E-state index in [2.05, 4.69) is 4.98 Å². The van der Waals surface area contributed by atoms with Gasteiger partial charge in [-0.3, -0.25) is 4.98 Å². The van der Waals surface area contributed by atoms with Crippen LogP contribution in [0.1, 0.15) is 24.6 Å². The van der Waals surface area contributed by atoms with Crippen molar-refractivity contribution in [3.8, 4) is 5.75 Å². The summed E-state index contributed by atoms with van der Waals surface area (Å²) in [6, 6.07) is 10.5. The summed E-state index contributed by atoms with van der Waals surface area (Å²) in [5, 5.41) is 0. The van der Waals surface area contributed by atoms with Crippen LogP contribution < -0.4 is 10.5 Å². The van der Waals surface area contributed by atoms with E-state index in [1.54, 1.807) is 13.2 Å². The van der Waals surface area contributed by atoms with Crippen LogP contribution in [-0.2, 0) is 5.54 Å². The molecule has 0 amide bonds. The fourth-order valence-corrected chi connectivity index (χ4v) is 2.06. The average molecular weight is 260 g/mol. The number of pyridine rings is 1. The average Bonchev–Trinajstić information content (AvgIpc) is 2.47. The summed E-state index contributed by atoms with van der Waals surface area (Å²) >= 11 is 0. The van der Waals surface area contributed by atoms with Gasteiger partial charge in [0.25, 0.3) is 0 Å². The number of aromatic nitrogens is 1. The molecule has 0 bridgehead atoms. The van der Waals surface area contributed by atoms with Gasteiger partial charge < -0.3 is 10.5 Å². The van der Waals surface area contributed by atoms with Crippen molar-refractivity contribution in [3.05, 3.63) is 59.7 Å². The SMILES string of the molecule is CCC(N)(c1ccc(OC)cc1)c1ccc(F)cn1. The van der Waals surface area contributed by atoms with Crippen LogP contribution in [-0.4, -0.2) is 12.1 Å². The molecule has 0 radical (unpaired) electrons. The van der Waals surface area contributed by atoms with Crippen molar-refractivity contribution in [2.45, 2.75) is 18.9 Å². The summed E-state index contributed by atoms with van der Waals surface area (Å²) in [4.78, 5) is 4.11. The Labute approximate surface area is 112 Å². The number of rotatable bonds is 4. The summed E-state index contributed by atoms with van der Waals surface area (Å²) in [5.74, 6) is 0.409. The van der Waals surface area contributed by atoms with Crippen LogP contribution in [0.3, 0.4) is 0 Å². The van der Waals surface area contributed by atoms with Crippen LogP contribution in [0, 0.1) is 5.82 Å². The standard InChI is InChI=1S/C15H17FN2O/c1-3-15(17,14-9-6-12(16)10-18-14)11-4-7-13(19-2)8-5-11/h4-10H,3,17H2,1-2H3. The van der Waals surface area contributed by atoms with Crippen molar-refractivity contribution < 1.29 is 9.13 Å². The van der Waals surface area contributed by atoms with Crippen molar-refractivity contribution in [1.82, 2.24) is 4.98 Å². The first-order valence-electron chi connectivity index (χ1n) is 6.15. The van der Waals surface area contributed by atoms with Gasteiger partial charge in [0.15, 0.2) is 0 Å². The predicted molar refractivity (Wildman–Crippen MR) is 72.4 cm³/mol. The van der Waals surface area contributed by atoms with Gasteiger partial charge >= 0.3 is 0 Å². The Hall–Kier alpha value is -1.94. The predicted octanol–water partition coefficient (Wildman–Crippen LogP) is 2.84. The summed E-state index contributed by atoms with van der Waals surface area (Å²) < 4.78 is 18.1. The molecule has 0 saturated heterocycles. The lowest BCUT2D eigenvalue weighted by Crippen LogP contribution is -2.38. The van der Waals surface area contributed by atoms with Crippen LogP contribution >= 0.6 is 0 Å². The highest BCUT2D eigenvalue weighted by Gasteiger charge is 2.29. The molecule has 0 spiro atoms. The lowest BCUT2D eigenvalue weighted by atomic mass is 9.85. The topological polar surface area (TPSA) is 48.1 Å². The smallest absolute Gasteiger partial charge is 0.141 e. The molecule has 1 aromatic carbocycles. The molecule has 0 aliphatic carbocycles. The number of nitrogens with two attached hydrogens (primary N) is 1. The van der Waals surface area contributed by atoms with Crippen LogP contribution in [0.2, 0.25) is 0 Å². The van der Waals surface area contributed by atoms with Crippen molar-refractivity contribution >= 4 is 0 Å². The third kappa shape index (κ3) is 2.58. The minimum absolute atomic E-state index is 0.364. The Bertz CT molecular complexity index is 539. The van der Waals surface area contributed by atoms with Crippen molar-refractivity contribution in [1.29, 1.82) is 0 Å². The second-order valence-corrected chi connectivity index (χ2v) is 4.42. The van der Waals surface area contributed by atoms with E-state index >= 15 is 0 Å². The first-order valence-corrected chi connectivity index (χ1v) is 6.15. The second-order valence-electron chi connectivity index (χ2n) is 4.42. The fraction of sp³-hybridized carbons (Fsp3) is 0.267. The van der Waals surface area contributed by atoms with Crippen LogP contribution in [0.15, 0.2) is 42.6 Å². The van der Waals surface area contributed by atoms with Crippen molar-refractivity contribution in [2.24, 2.45) is 5.73 Å². The first-order chi connectivity index (χ1) is 9.10. The zero-order valence-corrected chi connectivity index (χ0v) is 11.1. The lowest BCUT2D eigenvalue weighted by Gasteiger charge is -2.28. The Morgan fingerprint density at radius 1 is 1.21 bits per heavy atom. The number of hydrogen-bond acceptors (Lipinski definition) is 3. The monoisotopic (exact) mass is 260 g/mol. The van der Waals surface area contributed by atoms with Gasteiger partial charge in [-0.05, 0) is 36.2 Å². The third-order valence-corrected chi connectivity index (χ3v) is 3.35. The maximum absolute atomic E-state index is 13.0. The molecule has 2 rings (SSSR count). The van der Waals surface area contributed by atoms with Gasteiger partial charge in [0.1, 0.15) is 11.6 Å². The van der Waals surface area contributed by atoms with E-state index in [0.717, 1.165) is 11.3 Å². The van der Waals surface area contributed by atoms with Gasteiger partial charge in [-0.25, -0.2) is 4.39 Å². The van der Waals surface area contributed by atoms with E-state index < -0.39 is 5.54 Å². The molecule has 1 aromatic heterocycles. The number of benzene rings is 1. The Morgan fingerprint density at radius 3 is 2.37 bits per heavy atom. The first kappa shape index (κ1) is 13.5. The molecule has 0 aliphatic rings. The molecule has 1 atom stereocenters. The molecule has 100 valence electrons. The third-order valence-electron chi connectivity index (χ3n) is 3.35. The minimum Gasteiger partial charge on any atom is -0.497 e. The Balaban J connectivity index is 2.43. The molecule has 0 saturated carbocycles. The molecular formula is C15H17FN2O. The quantitative estimate of drug-likeness (QED) is 0.919. The molecule has 4 heteroatoms. The summed E-state index contributed by atoms with van der Waals surface area (Å²) in [5.41, 5.74) is 7.31. The van der Waals surface area contributed by atoms with Gasteiger partial charge in [0, 0.05) is 0 Å². The summed E-state index contributed by atoms with van der Waals surface area (Å²) in [7, 11) is 1.62. The van der Waals surface area contributed by atoms with E-state index in [0.29, 0.717) is 12.1 Å². The van der Waals surface area contributed by atoms with Gasteiger partial charge in [0.05, 0.1) is 24.5 Å². The highest BCUT2D eigenvalue weighted by atomic mass is 19.1. The number of ether oxygens (including phenoxy) is 1. The highest BCUT2D eigenvalue weighted by Crippen LogP contribution is 2.30. The normalized spacial score (nSPS) is 13.9. The lowest BCUT2D eigenvalue weighted by molar-refractivity contribution is 0.413. The molecule has 3 nitrogen and oxygen atoms in total. The minimum atomic E-state index is -0.722. The molecule has 19 heavy (non-hydrogen) atoms. The number of halogens is 1. The van der Waals surface area contributed by atoms with Crippen molar-refractivity contribution in [3.63, 3.8) is 0 Å². The molecule has 2 aromatic rings. The molecule has 0 fully saturated rings. The maximum Gasteiger partial charge on any atom is 0.141 e. The van der Waals surface area contributed by atoms with Crippen LogP contribution in [0.25, 0.3) is 0 Å². The van der Waals surface area contributed by atoms with E-state index in [4.69, 9.17) is 10.5 Å². The van der Waals surface area contributed by atoms with E-state index in [-0.39, 0.29) is 5.82 Å². The molecule has 0 aliphatic heterocycles. The maximum atomic E-state index is 13.0. The van der Waals surface area contributed by atoms with E-state index in [9.17, 15) is 4.39 Å². The largest absolute Gasteiger partial charge is 0.497 e. The number of methoxy groups -OCH3 is 1. The molecule has 2 N–H and O–H groups in total. The number of nitrogens with zero attached hydrogens (tertiary/aromatic N) is 1. The van der Waals surface area contributed by atoms with Crippen molar-refractivity contribution in [2.75, 3.05) is 7.11 Å². The summed E-state index contributed by atoms with van der Waals surface area (Å²) in [6.45, 7) is 1.98. The second kappa shape index (κ2) is 5.36. The van der Waals surface area contributed by atoms with Crippen LogP contribution in [0.4, 0.5) is 4.39 Å². The summed E-state index contributed by atoms with van der Waals surface area (Å²) in [6.07, 6.45) is 1.86. The van der Waals surface area contributed by atoms with Gasteiger partial charge in [-0.15, -0.1) is 0 Å². The van der Waals surface area contributed by atoms with Gasteiger partial charge in [-0.2, -0.15) is 0 Å². The highest BCUT2D eigenvalue weighted by molar-refractivity contribution is 5.37. The molecular weight excluding hydrogens is 243 g/mol. The Morgan fingerprint density at radius 2 is 1.89 bits per heavy atom. The zero-order valence-electron chi connectivity index (χ0n) is 11.1.